The molecule has 0 fully saturated rings. The SMILES string of the molecule is CN(C)C(=O)c1ccc(NS(=O)(=O)c2ccc(Cl)s2)cc1Cl. The second-order valence-electron chi connectivity index (χ2n) is 4.56. The van der Waals surface area contributed by atoms with E-state index < -0.39 is 10.0 Å². The highest BCUT2D eigenvalue weighted by molar-refractivity contribution is 7.94. The largest absolute Gasteiger partial charge is 0.345 e. The Bertz CT molecular complexity index is 816. The predicted molar refractivity (Wildman–Crippen MR) is 89.6 cm³/mol. The number of nitrogens with one attached hydrogen (secondary N) is 1. The van der Waals surface area contributed by atoms with E-state index in [1.165, 1.54) is 35.2 Å². The fourth-order valence-corrected chi connectivity index (χ4v) is 4.43. The van der Waals surface area contributed by atoms with Crippen LogP contribution in [0.4, 0.5) is 5.69 Å². The number of rotatable bonds is 4. The van der Waals surface area contributed by atoms with E-state index in [0.29, 0.717) is 9.90 Å². The first kappa shape index (κ1) is 17.1. The minimum Gasteiger partial charge on any atom is -0.345 e. The monoisotopic (exact) mass is 378 g/mol. The molecule has 1 N–H and O–H groups in total. The van der Waals surface area contributed by atoms with E-state index >= 15 is 0 Å². The molecular formula is C13H12Cl2N2O3S2. The molecule has 118 valence electrons. The Balaban J connectivity index is 2.28. The van der Waals surface area contributed by atoms with Gasteiger partial charge in [-0.15, -0.1) is 11.3 Å². The molecule has 0 radical (unpaired) electrons. The lowest BCUT2D eigenvalue weighted by molar-refractivity contribution is 0.0828. The molecule has 1 heterocycles. The Hall–Kier alpha value is -1.28. The second kappa shape index (κ2) is 6.45. The average Bonchev–Trinajstić information content (AvgIpc) is 2.85. The molecule has 9 heteroatoms. The Morgan fingerprint density at radius 3 is 2.36 bits per heavy atom. The molecule has 5 nitrogen and oxygen atoms in total. The van der Waals surface area contributed by atoms with Crippen LogP contribution in [-0.2, 0) is 10.0 Å². The van der Waals surface area contributed by atoms with E-state index in [1.807, 2.05) is 0 Å². The van der Waals surface area contributed by atoms with Crippen molar-refractivity contribution < 1.29 is 13.2 Å². The van der Waals surface area contributed by atoms with Crippen molar-refractivity contribution in [3.63, 3.8) is 0 Å². The summed E-state index contributed by atoms with van der Waals surface area (Å²) < 4.78 is 27.2. The molecule has 0 aliphatic heterocycles. The van der Waals surface area contributed by atoms with Crippen molar-refractivity contribution in [2.24, 2.45) is 0 Å². The lowest BCUT2D eigenvalue weighted by atomic mass is 10.2. The molecule has 2 rings (SSSR count). The third-order valence-corrected chi connectivity index (χ3v) is 6.09. The number of amides is 1. The molecule has 1 aromatic heterocycles. The summed E-state index contributed by atoms with van der Waals surface area (Å²) in [5, 5.41) is 0.170. The van der Waals surface area contributed by atoms with Gasteiger partial charge in [-0.1, -0.05) is 23.2 Å². The first-order valence-electron chi connectivity index (χ1n) is 6.00. The maximum absolute atomic E-state index is 12.2. The molecule has 1 aromatic carbocycles. The number of nitrogens with zero attached hydrogens (tertiary/aromatic N) is 1. The van der Waals surface area contributed by atoms with Gasteiger partial charge in [-0.2, -0.15) is 0 Å². The van der Waals surface area contributed by atoms with Crippen LogP contribution in [0.5, 0.6) is 0 Å². The topological polar surface area (TPSA) is 66.5 Å². The lowest BCUT2D eigenvalue weighted by Crippen LogP contribution is -2.22. The molecule has 2 aromatic rings. The van der Waals surface area contributed by atoms with Gasteiger partial charge in [0.15, 0.2) is 0 Å². The Morgan fingerprint density at radius 1 is 1.18 bits per heavy atom. The van der Waals surface area contributed by atoms with Gasteiger partial charge in [0.05, 0.1) is 20.6 Å². The zero-order valence-corrected chi connectivity index (χ0v) is 14.8. The van der Waals surface area contributed by atoms with Crippen LogP contribution in [0, 0.1) is 0 Å². The van der Waals surface area contributed by atoms with Gasteiger partial charge in [0.25, 0.3) is 15.9 Å². The van der Waals surface area contributed by atoms with Crippen LogP contribution in [0.3, 0.4) is 0 Å². The van der Waals surface area contributed by atoms with E-state index in [2.05, 4.69) is 4.72 Å². The van der Waals surface area contributed by atoms with Crippen LogP contribution in [0.1, 0.15) is 10.4 Å². The van der Waals surface area contributed by atoms with Crippen molar-refractivity contribution in [1.29, 1.82) is 0 Å². The lowest BCUT2D eigenvalue weighted by Gasteiger charge is -2.13. The first-order valence-corrected chi connectivity index (χ1v) is 9.05. The summed E-state index contributed by atoms with van der Waals surface area (Å²) in [6, 6.07) is 7.28. The van der Waals surface area contributed by atoms with E-state index in [0.717, 1.165) is 11.3 Å². The number of sulfonamides is 1. The summed E-state index contributed by atoms with van der Waals surface area (Å²) in [6.45, 7) is 0. The third kappa shape index (κ3) is 3.73. The van der Waals surface area contributed by atoms with Crippen LogP contribution in [0.15, 0.2) is 34.5 Å². The molecule has 0 spiro atoms. The number of thiophene rings is 1. The molecule has 0 aliphatic carbocycles. The maximum atomic E-state index is 12.2. The van der Waals surface area contributed by atoms with Gasteiger partial charge in [-0.05, 0) is 30.3 Å². The van der Waals surface area contributed by atoms with Crippen molar-refractivity contribution in [3.8, 4) is 0 Å². The molecule has 0 saturated carbocycles. The van der Waals surface area contributed by atoms with Crippen LogP contribution in [0.25, 0.3) is 0 Å². The minimum atomic E-state index is -3.73. The molecule has 0 saturated heterocycles. The highest BCUT2D eigenvalue weighted by Gasteiger charge is 2.18. The molecule has 1 amide bonds. The predicted octanol–water partition coefficient (Wildman–Crippen LogP) is 3.56. The van der Waals surface area contributed by atoms with Crippen LogP contribution in [-0.4, -0.2) is 33.3 Å². The van der Waals surface area contributed by atoms with E-state index in [9.17, 15) is 13.2 Å². The smallest absolute Gasteiger partial charge is 0.271 e. The van der Waals surface area contributed by atoms with Crippen molar-refractivity contribution >= 4 is 56.2 Å². The van der Waals surface area contributed by atoms with Gasteiger partial charge in [0, 0.05) is 14.1 Å². The summed E-state index contributed by atoms with van der Waals surface area (Å²) >= 11 is 12.7. The van der Waals surface area contributed by atoms with Crippen LogP contribution in [0.2, 0.25) is 9.36 Å². The second-order valence-corrected chi connectivity index (χ2v) is 8.59. The van der Waals surface area contributed by atoms with Gasteiger partial charge < -0.3 is 4.90 Å². The number of carbonyl (C=O) groups excluding carboxylic acids is 1. The van der Waals surface area contributed by atoms with Gasteiger partial charge >= 0.3 is 0 Å². The van der Waals surface area contributed by atoms with Crippen LogP contribution >= 0.6 is 34.5 Å². The standard InChI is InChI=1S/C13H12Cl2N2O3S2/c1-17(2)13(18)9-4-3-8(7-10(9)14)16-22(19,20)12-6-5-11(15)21-12/h3-7,16H,1-2H3. The number of hydrogen-bond donors (Lipinski definition) is 1. The van der Waals surface area contributed by atoms with Crippen molar-refractivity contribution in [1.82, 2.24) is 4.90 Å². The maximum Gasteiger partial charge on any atom is 0.271 e. The Labute approximate surface area is 142 Å². The number of anilines is 1. The fraction of sp³-hybridized carbons (Fsp3) is 0.154. The summed E-state index contributed by atoms with van der Waals surface area (Å²) in [6.07, 6.45) is 0. The summed E-state index contributed by atoms with van der Waals surface area (Å²) in [7, 11) is -0.515. The zero-order valence-electron chi connectivity index (χ0n) is 11.6. The quantitative estimate of drug-likeness (QED) is 0.884. The number of hydrogen-bond acceptors (Lipinski definition) is 4. The number of carbonyl (C=O) groups is 1. The Morgan fingerprint density at radius 2 is 1.86 bits per heavy atom. The normalized spacial score (nSPS) is 11.3. The molecule has 0 aliphatic rings. The Kier molecular flexibility index (Phi) is 5.01. The van der Waals surface area contributed by atoms with Gasteiger partial charge in [-0.25, -0.2) is 8.42 Å². The molecule has 0 bridgehead atoms. The summed E-state index contributed by atoms with van der Waals surface area (Å²) in [5.74, 6) is -0.260. The van der Waals surface area contributed by atoms with Crippen molar-refractivity contribution in [2.75, 3.05) is 18.8 Å². The summed E-state index contributed by atoms with van der Waals surface area (Å²) in [5.41, 5.74) is 0.568. The molecular weight excluding hydrogens is 367 g/mol. The highest BCUT2D eigenvalue weighted by atomic mass is 35.5. The molecule has 22 heavy (non-hydrogen) atoms. The zero-order chi connectivity index (χ0) is 16.5. The minimum absolute atomic E-state index is 0.0991. The molecule has 0 atom stereocenters. The van der Waals surface area contributed by atoms with E-state index in [-0.39, 0.29) is 20.8 Å². The number of halogens is 2. The average molecular weight is 379 g/mol. The van der Waals surface area contributed by atoms with E-state index in [1.54, 1.807) is 14.1 Å². The first-order chi connectivity index (χ1) is 10.2. The van der Waals surface area contributed by atoms with Gasteiger partial charge in [-0.3, -0.25) is 9.52 Å². The van der Waals surface area contributed by atoms with Crippen molar-refractivity contribution in [2.45, 2.75) is 4.21 Å². The summed E-state index contributed by atoms with van der Waals surface area (Å²) in [4.78, 5) is 13.3. The van der Waals surface area contributed by atoms with E-state index in [4.69, 9.17) is 23.2 Å². The number of benzene rings is 1. The fourth-order valence-electron chi connectivity index (χ4n) is 1.64. The van der Waals surface area contributed by atoms with Crippen molar-refractivity contribution in [3.05, 3.63) is 45.3 Å². The molecule has 0 unspecified atom stereocenters. The third-order valence-electron chi connectivity index (χ3n) is 2.67. The van der Waals surface area contributed by atoms with Crippen LogP contribution < -0.4 is 4.72 Å². The van der Waals surface area contributed by atoms with Gasteiger partial charge in [0.2, 0.25) is 0 Å². The van der Waals surface area contributed by atoms with Gasteiger partial charge in [0.1, 0.15) is 4.21 Å². The highest BCUT2D eigenvalue weighted by Crippen LogP contribution is 2.28.